The van der Waals surface area contributed by atoms with E-state index in [1.807, 2.05) is 37.3 Å². The van der Waals surface area contributed by atoms with Gasteiger partial charge in [0, 0.05) is 0 Å². The predicted molar refractivity (Wildman–Crippen MR) is 72.9 cm³/mol. The van der Waals surface area contributed by atoms with Gasteiger partial charge in [0.15, 0.2) is 5.84 Å². The minimum Gasteiger partial charge on any atom is -0.409 e. The van der Waals surface area contributed by atoms with Crippen molar-refractivity contribution in [2.24, 2.45) is 16.8 Å². The number of rotatable bonds is 5. The molecule has 1 aliphatic rings. The summed E-state index contributed by atoms with van der Waals surface area (Å²) in [5.74, 6) is 0.0163. The van der Waals surface area contributed by atoms with Crippen molar-refractivity contribution in [3.63, 3.8) is 0 Å². The zero-order chi connectivity index (χ0) is 13.8. The highest BCUT2D eigenvalue weighted by Gasteiger charge is 2.36. The summed E-state index contributed by atoms with van der Waals surface area (Å²) >= 11 is 0. The lowest BCUT2D eigenvalue weighted by molar-refractivity contribution is -0.122. The van der Waals surface area contributed by atoms with Gasteiger partial charge in [-0.2, -0.15) is 0 Å². The lowest BCUT2D eigenvalue weighted by Crippen LogP contribution is -2.47. The number of hydrogen-bond donors (Lipinski definition) is 3. The maximum Gasteiger partial charge on any atom is 0.227 e. The molecule has 0 aliphatic heterocycles. The van der Waals surface area contributed by atoms with Crippen molar-refractivity contribution >= 4 is 11.7 Å². The van der Waals surface area contributed by atoms with E-state index in [1.54, 1.807) is 0 Å². The molecule has 1 aromatic carbocycles. The molecule has 1 amide bonds. The van der Waals surface area contributed by atoms with E-state index in [0.717, 1.165) is 18.4 Å². The minimum atomic E-state index is -0.358. The van der Waals surface area contributed by atoms with Gasteiger partial charge in [-0.15, -0.1) is 0 Å². The lowest BCUT2D eigenvalue weighted by Gasteiger charge is -2.19. The molecule has 0 aromatic heterocycles. The Balaban J connectivity index is 2.03. The highest BCUT2D eigenvalue weighted by molar-refractivity contribution is 5.92. The lowest BCUT2D eigenvalue weighted by atomic mass is 9.99. The molecule has 2 unspecified atom stereocenters. The van der Waals surface area contributed by atoms with Crippen molar-refractivity contribution in [3.8, 4) is 0 Å². The van der Waals surface area contributed by atoms with Crippen LogP contribution in [0.5, 0.6) is 0 Å². The van der Waals surface area contributed by atoms with Gasteiger partial charge in [0.25, 0.3) is 0 Å². The summed E-state index contributed by atoms with van der Waals surface area (Å²) in [6, 6.07) is 9.20. The summed E-state index contributed by atoms with van der Waals surface area (Å²) in [6.07, 6.45) is 2.00. The molecule has 19 heavy (non-hydrogen) atoms. The first-order valence-corrected chi connectivity index (χ1v) is 6.46. The van der Waals surface area contributed by atoms with Gasteiger partial charge in [-0.1, -0.05) is 35.5 Å². The van der Waals surface area contributed by atoms with Crippen LogP contribution in [-0.4, -0.2) is 23.0 Å². The van der Waals surface area contributed by atoms with Gasteiger partial charge in [0.05, 0.1) is 12.0 Å². The number of amidine groups is 1. The second-order valence-electron chi connectivity index (χ2n) is 4.98. The number of hydrogen-bond acceptors (Lipinski definition) is 3. The fourth-order valence-corrected chi connectivity index (χ4v) is 2.10. The van der Waals surface area contributed by atoms with Crippen molar-refractivity contribution in [1.29, 1.82) is 0 Å². The Morgan fingerprint density at radius 3 is 2.58 bits per heavy atom. The molecule has 1 fully saturated rings. The summed E-state index contributed by atoms with van der Waals surface area (Å²) in [6.45, 7) is 1.85. The van der Waals surface area contributed by atoms with Gasteiger partial charge in [0.1, 0.15) is 0 Å². The van der Waals surface area contributed by atoms with Crippen LogP contribution in [0.2, 0.25) is 0 Å². The Morgan fingerprint density at radius 2 is 2.05 bits per heavy atom. The topological polar surface area (TPSA) is 87.7 Å². The van der Waals surface area contributed by atoms with Crippen molar-refractivity contribution in [2.45, 2.75) is 31.7 Å². The first-order valence-electron chi connectivity index (χ1n) is 6.46. The SMILES string of the molecule is CC(C(=O)NC(/C(N)=N/O)C1CC1)c1ccccc1. The number of carbonyl (C=O) groups is 1. The third-order valence-electron chi connectivity index (χ3n) is 3.52. The third kappa shape index (κ3) is 3.24. The summed E-state index contributed by atoms with van der Waals surface area (Å²) in [5.41, 5.74) is 6.58. The second kappa shape index (κ2) is 5.73. The normalized spacial score (nSPS) is 18.7. The summed E-state index contributed by atoms with van der Waals surface area (Å²) < 4.78 is 0. The van der Waals surface area contributed by atoms with Crippen LogP contribution >= 0.6 is 0 Å². The van der Waals surface area contributed by atoms with Crippen molar-refractivity contribution in [1.82, 2.24) is 5.32 Å². The Bertz CT molecular complexity index is 469. The molecule has 2 rings (SSSR count). The quantitative estimate of drug-likeness (QED) is 0.324. The molecule has 1 aliphatic carbocycles. The van der Waals surface area contributed by atoms with Crippen LogP contribution in [-0.2, 0) is 4.79 Å². The highest BCUT2D eigenvalue weighted by Crippen LogP contribution is 2.33. The molecule has 0 heterocycles. The molecular formula is C14H19N3O2. The van der Waals surface area contributed by atoms with Crippen LogP contribution < -0.4 is 11.1 Å². The van der Waals surface area contributed by atoms with Gasteiger partial charge in [0.2, 0.25) is 5.91 Å². The van der Waals surface area contributed by atoms with Gasteiger partial charge < -0.3 is 16.3 Å². The smallest absolute Gasteiger partial charge is 0.227 e. The molecule has 0 saturated heterocycles. The first-order chi connectivity index (χ1) is 9.13. The van der Waals surface area contributed by atoms with Crippen molar-refractivity contribution in [2.75, 3.05) is 0 Å². The Morgan fingerprint density at radius 1 is 1.42 bits per heavy atom. The van der Waals surface area contributed by atoms with E-state index in [-0.39, 0.29) is 23.7 Å². The molecular weight excluding hydrogens is 242 g/mol. The zero-order valence-electron chi connectivity index (χ0n) is 10.9. The summed E-state index contributed by atoms with van der Waals surface area (Å²) in [4.78, 5) is 12.2. The highest BCUT2D eigenvalue weighted by atomic mass is 16.4. The average molecular weight is 261 g/mol. The number of carbonyl (C=O) groups excluding carboxylic acids is 1. The Hall–Kier alpha value is -2.04. The van der Waals surface area contributed by atoms with E-state index >= 15 is 0 Å². The molecule has 4 N–H and O–H groups in total. The second-order valence-corrected chi connectivity index (χ2v) is 4.98. The fourth-order valence-electron chi connectivity index (χ4n) is 2.10. The van der Waals surface area contributed by atoms with Gasteiger partial charge >= 0.3 is 0 Å². The van der Waals surface area contributed by atoms with Crippen LogP contribution in [0.25, 0.3) is 0 Å². The molecule has 2 atom stereocenters. The van der Waals surface area contributed by atoms with Crippen molar-refractivity contribution in [3.05, 3.63) is 35.9 Å². The average Bonchev–Trinajstić information content (AvgIpc) is 3.28. The third-order valence-corrected chi connectivity index (χ3v) is 3.52. The van der Waals surface area contributed by atoms with E-state index in [9.17, 15) is 4.79 Å². The number of oxime groups is 1. The molecule has 1 saturated carbocycles. The standard InChI is InChI=1S/C14H19N3O2/c1-9(10-5-3-2-4-6-10)14(18)16-12(11-7-8-11)13(15)17-19/h2-6,9,11-12,19H,7-8H2,1H3,(H2,15,17)(H,16,18). The van der Waals surface area contributed by atoms with E-state index < -0.39 is 0 Å². The van der Waals surface area contributed by atoms with Crippen molar-refractivity contribution < 1.29 is 10.0 Å². The van der Waals surface area contributed by atoms with Crippen LogP contribution in [0.15, 0.2) is 35.5 Å². The van der Waals surface area contributed by atoms with Gasteiger partial charge in [-0.25, -0.2) is 0 Å². The molecule has 5 heteroatoms. The predicted octanol–water partition coefficient (Wildman–Crippen LogP) is 1.43. The molecule has 0 spiro atoms. The Kier molecular flexibility index (Phi) is 4.04. The molecule has 102 valence electrons. The zero-order valence-corrected chi connectivity index (χ0v) is 10.9. The maximum absolute atomic E-state index is 12.2. The minimum absolute atomic E-state index is 0.0797. The largest absolute Gasteiger partial charge is 0.409 e. The number of nitrogens with two attached hydrogens (primary N) is 1. The fraction of sp³-hybridized carbons (Fsp3) is 0.429. The first kappa shape index (κ1) is 13.4. The van der Waals surface area contributed by atoms with Crippen LogP contribution in [0.1, 0.15) is 31.2 Å². The Labute approximate surface area is 112 Å². The van der Waals surface area contributed by atoms with Crippen LogP contribution in [0.3, 0.4) is 0 Å². The monoisotopic (exact) mass is 261 g/mol. The van der Waals surface area contributed by atoms with E-state index in [2.05, 4.69) is 10.5 Å². The summed E-state index contributed by atoms with van der Waals surface area (Å²) in [7, 11) is 0. The van der Waals surface area contributed by atoms with Crippen LogP contribution in [0.4, 0.5) is 0 Å². The van der Waals surface area contributed by atoms with E-state index in [1.165, 1.54) is 0 Å². The number of nitrogens with one attached hydrogen (secondary N) is 1. The van der Waals surface area contributed by atoms with E-state index in [0.29, 0.717) is 5.92 Å². The van der Waals surface area contributed by atoms with E-state index in [4.69, 9.17) is 10.9 Å². The van der Waals surface area contributed by atoms with Gasteiger partial charge in [-0.05, 0) is 31.2 Å². The van der Waals surface area contributed by atoms with Gasteiger partial charge in [-0.3, -0.25) is 4.79 Å². The molecule has 1 aromatic rings. The summed E-state index contributed by atoms with van der Waals surface area (Å²) in [5, 5.41) is 14.7. The maximum atomic E-state index is 12.2. The number of benzene rings is 1. The molecule has 5 nitrogen and oxygen atoms in total. The van der Waals surface area contributed by atoms with Crippen LogP contribution in [0, 0.1) is 5.92 Å². The number of nitrogens with zero attached hydrogens (tertiary/aromatic N) is 1. The molecule has 0 radical (unpaired) electrons. The molecule has 0 bridgehead atoms. The number of amides is 1.